The number of aromatic amines is 1. The maximum atomic E-state index is 12.2. The zero-order chi connectivity index (χ0) is 17.9. The molecule has 0 saturated carbocycles. The van der Waals surface area contributed by atoms with Gasteiger partial charge in [-0.15, -0.1) is 5.10 Å². The van der Waals surface area contributed by atoms with Crippen LogP contribution in [0.15, 0.2) is 63.8 Å². The van der Waals surface area contributed by atoms with Gasteiger partial charge in [-0.05, 0) is 17.7 Å². The summed E-state index contributed by atoms with van der Waals surface area (Å²) in [5.41, 5.74) is 1.67. The van der Waals surface area contributed by atoms with Crippen LogP contribution in [0.1, 0.15) is 17.6 Å². The van der Waals surface area contributed by atoms with E-state index in [1.54, 1.807) is 18.2 Å². The maximum Gasteiger partial charge on any atom is 0.434 e. The predicted molar refractivity (Wildman–Crippen MR) is 90.9 cm³/mol. The summed E-state index contributed by atoms with van der Waals surface area (Å²) in [6.07, 6.45) is -1.28. The summed E-state index contributed by atoms with van der Waals surface area (Å²) >= 11 is 0. The average Bonchev–Trinajstić information content (AvgIpc) is 3.27. The number of nitrogens with zero attached hydrogens (tertiary/aromatic N) is 2. The Balaban J connectivity index is 1.47. The minimum Gasteiger partial charge on any atom is -0.489 e. The highest BCUT2D eigenvalue weighted by Crippen LogP contribution is 2.30. The Morgan fingerprint density at radius 3 is 2.77 bits per heavy atom. The largest absolute Gasteiger partial charge is 0.489 e. The molecule has 2 heterocycles. The molecule has 132 valence electrons. The third-order valence-corrected chi connectivity index (χ3v) is 3.92. The van der Waals surface area contributed by atoms with Crippen molar-refractivity contribution >= 4 is 11.8 Å². The summed E-state index contributed by atoms with van der Waals surface area (Å²) in [6, 6.07) is 16.9. The maximum absolute atomic E-state index is 12.2. The number of hydrogen-bond donors (Lipinski definition) is 1. The van der Waals surface area contributed by atoms with Gasteiger partial charge in [-0.3, -0.25) is 4.90 Å². The van der Waals surface area contributed by atoms with Crippen LogP contribution in [0.3, 0.4) is 0 Å². The quantitative estimate of drug-likeness (QED) is 0.757. The molecule has 0 radical (unpaired) electrons. The Morgan fingerprint density at radius 1 is 1.15 bits per heavy atom. The van der Waals surface area contributed by atoms with Gasteiger partial charge in [-0.1, -0.05) is 36.4 Å². The van der Waals surface area contributed by atoms with Crippen molar-refractivity contribution in [3.05, 3.63) is 76.6 Å². The van der Waals surface area contributed by atoms with Gasteiger partial charge in [0.05, 0.1) is 12.2 Å². The summed E-state index contributed by atoms with van der Waals surface area (Å²) in [6.45, 7) is 0.616. The van der Waals surface area contributed by atoms with E-state index in [1.165, 1.54) is 4.90 Å². The molecule has 1 aliphatic rings. The van der Waals surface area contributed by atoms with Crippen LogP contribution in [0.5, 0.6) is 5.75 Å². The van der Waals surface area contributed by atoms with Crippen LogP contribution in [0.25, 0.3) is 0 Å². The van der Waals surface area contributed by atoms with Gasteiger partial charge in [-0.2, -0.15) is 0 Å². The first kappa shape index (κ1) is 15.9. The van der Waals surface area contributed by atoms with Crippen molar-refractivity contribution in [2.75, 3.05) is 11.4 Å². The van der Waals surface area contributed by atoms with Crippen molar-refractivity contribution in [3.8, 4) is 5.75 Å². The first-order valence-corrected chi connectivity index (χ1v) is 7.99. The van der Waals surface area contributed by atoms with E-state index in [2.05, 4.69) is 10.2 Å². The second kappa shape index (κ2) is 6.75. The molecule has 1 aliphatic heterocycles. The van der Waals surface area contributed by atoms with Crippen LogP contribution in [0, 0.1) is 0 Å². The molecule has 8 nitrogen and oxygen atoms in total. The molecular formula is C18H15N3O5. The molecule has 1 unspecified atom stereocenters. The third-order valence-electron chi connectivity index (χ3n) is 3.92. The van der Waals surface area contributed by atoms with Crippen molar-refractivity contribution in [3.63, 3.8) is 0 Å². The van der Waals surface area contributed by atoms with Crippen LogP contribution < -0.4 is 15.4 Å². The SMILES string of the molecule is O=C1OC(c2n[nH]c(=O)o2)CN1c1cccc(OCc2ccccc2)c1. The molecule has 1 amide bonds. The summed E-state index contributed by atoms with van der Waals surface area (Å²) in [4.78, 5) is 24.7. The molecule has 0 spiro atoms. The zero-order valence-corrected chi connectivity index (χ0v) is 13.6. The molecule has 1 saturated heterocycles. The molecule has 1 fully saturated rings. The molecule has 1 atom stereocenters. The molecule has 3 aromatic rings. The number of carbonyl (C=O) groups is 1. The van der Waals surface area contributed by atoms with Gasteiger partial charge in [0.25, 0.3) is 5.89 Å². The predicted octanol–water partition coefficient (Wildman–Crippen LogP) is 2.64. The van der Waals surface area contributed by atoms with Gasteiger partial charge < -0.3 is 13.9 Å². The number of H-pyrrole nitrogens is 1. The molecule has 26 heavy (non-hydrogen) atoms. The summed E-state index contributed by atoms with van der Waals surface area (Å²) in [5.74, 6) is -0.0120. The van der Waals surface area contributed by atoms with Crippen LogP contribution in [0.2, 0.25) is 0 Å². The van der Waals surface area contributed by atoms with Gasteiger partial charge in [0.1, 0.15) is 12.4 Å². The highest BCUT2D eigenvalue weighted by atomic mass is 16.6. The number of aromatic nitrogens is 2. The Hall–Kier alpha value is -3.55. The number of hydrogen-bond acceptors (Lipinski definition) is 6. The monoisotopic (exact) mass is 353 g/mol. The number of rotatable bonds is 5. The molecule has 1 aromatic heterocycles. The molecular weight excluding hydrogens is 338 g/mol. The van der Waals surface area contributed by atoms with Gasteiger partial charge >= 0.3 is 11.8 Å². The molecule has 4 rings (SSSR count). The zero-order valence-electron chi connectivity index (χ0n) is 13.6. The molecule has 0 bridgehead atoms. The fraction of sp³-hybridized carbons (Fsp3) is 0.167. The minimum absolute atomic E-state index is 0.0438. The van der Waals surface area contributed by atoms with Crippen molar-refractivity contribution < 1.29 is 18.7 Å². The number of nitrogens with one attached hydrogen (secondary N) is 1. The van der Waals surface area contributed by atoms with E-state index in [0.29, 0.717) is 18.0 Å². The van der Waals surface area contributed by atoms with Gasteiger partial charge in [0, 0.05) is 6.07 Å². The second-order valence-corrected chi connectivity index (χ2v) is 5.71. The van der Waals surface area contributed by atoms with Crippen LogP contribution in [0.4, 0.5) is 10.5 Å². The Morgan fingerprint density at radius 2 is 2.00 bits per heavy atom. The van der Waals surface area contributed by atoms with E-state index >= 15 is 0 Å². The van der Waals surface area contributed by atoms with E-state index in [9.17, 15) is 9.59 Å². The Kier molecular flexibility index (Phi) is 4.14. The van der Waals surface area contributed by atoms with Crippen molar-refractivity contribution in [2.24, 2.45) is 0 Å². The Bertz CT molecular complexity index is 966. The first-order chi connectivity index (χ1) is 12.7. The molecule has 2 aromatic carbocycles. The van der Waals surface area contributed by atoms with E-state index in [1.807, 2.05) is 36.4 Å². The standard InChI is InChI=1S/C18H15N3O5/c22-17-20-19-16(26-17)15-10-21(18(23)25-15)13-7-4-8-14(9-13)24-11-12-5-2-1-3-6-12/h1-9,15H,10-11H2,(H,20,22). The fourth-order valence-corrected chi connectivity index (χ4v) is 2.66. The average molecular weight is 353 g/mol. The van der Waals surface area contributed by atoms with Crippen molar-refractivity contribution in [1.82, 2.24) is 10.2 Å². The highest BCUT2D eigenvalue weighted by Gasteiger charge is 2.36. The highest BCUT2D eigenvalue weighted by molar-refractivity contribution is 5.90. The van der Waals surface area contributed by atoms with E-state index in [4.69, 9.17) is 13.9 Å². The van der Waals surface area contributed by atoms with Crippen molar-refractivity contribution in [2.45, 2.75) is 12.7 Å². The second-order valence-electron chi connectivity index (χ2n) is 5.71. The van der Waals surface area contributed by atoms with Crippen LogP contribution in [-0.2, 0) is 11.3 Å². The topological polar surface area (TPSA) is 97.7 Å². The number of anilines is 1. The lowest BCUT2D eigenvalue weighted by Crippen LogP contribution is -2.23. The number of amides is 1. The normalized spacial score (nSPS) is 16.5. The molecule has 1 N–H and O–H groups in total. The molecule has 0 aliphatic carbocycles. The number of cyclic esters (lactones) is 1. The summed E-state index contributed by atoms with van der Waals surface area (Å²) in [5, 5.41) is 5.86. The van der Waals surface area contributed by atoms with E-state index < -0.39 is 18.0 Å². The van der Waals surface area contributed by atoms with Crippen LogP contribution >= 0.6 is 0 Å². The van der Waals surface area contributed by atoms with Crippen molar-refractivity contribution in [1.29, 1.82) is 0 Å². The molecule has 8 heteroatoms. The number of ether oxygens (including phenoxy) is 2. The lowest BCUT2D eigenvalue weighted by atomic mass is 10.2. The van der Waals surface area contributed by atoms with Gasteiger partial charge in [-0.25, -0.2) is 14.7 Å². The summed E-state index contributed by atoms with van der Waals surface area (Å²) < 4.78 is 15.9. The van der Waals surface area contributed by atoms with Crippen LogP contribution in [-0.4, -0.2) is 22.8 Å². The lowest BCUT2D eigenvalue weighted by molar-refractivity contribution is 0.125. The smallest absolute Gasteiger partial charge is 0.434 e. The van der Waals surface area contributed by atoms with E-state index in [0.717, 1.165) is 5.56 Å². The fourth-order valence-electron chi connectivity index (χ4n) is 2.66. The number of benzene rings is 2. The minimum atomic E-state index is -0.740. The third kappa shape index (κ3) is 3.30. The van der Waals surface area contributed by atoms with Gasteiger partial charge in [0.15, 0.2) is 6.10 Å². The van der Waals surface area contributed by atoms with Gasteiger partial charge in [0.2, 0.25) is 0 Å². The first-order valence-electron chi connectivity index (χ1n) is 7.99. The van der Waals surface area contributed by atoms with E-state index in [-0.39, 0.29) is 12.4 Å². The Labute approximate surface area is 148 Å². The lowest BCUT2D eigenvalue weighted by Gasteiger charge is -2.14. The number of carbonyl (C=O) groups excluding carboxylic acids is 1. The summed E-state index contributed by atoms with van der Waals surface area (Å²) in [7, 11) is 0.